The highest BCUT2D eigenvalue weighted by molar-refractivity contribution is 7.98. The molecule has 0 aliphatic heterocycles. The van der Waals surface area contributed by atoms with Gasteiger partial charge in [-0.25, -0.2) is 0 Å². The molecule has 0 radical (unpaired) electrons. The summed E-state index contributed by atoms with van der Waals surface area (Å²) in [6, 6.07) is 7.27. The Bertz CT molecular complexity index is 817. The maximum absolute atomic E-state index is 10.4. The van der Waals surface area contributed by atoms with Gasteiger partial charge in [0.05, 0.1) is 22.8 Å². The molecule has 0 bridgehead atoms. The Hall–Kier alpha value is -2.76. The highest BCUT2D eigenvalue weighted by Gasteiger charge is 2.04. The number of carbonyl (C=O) groups is 1. The van der Waals surface area contributed by atoms with Gasteiger partial charge in [0, 0.05) is 31.7 Å². The number of hydrogen-bond acceptors (Lipinski definition) is 9. The molecular formula is C19H29ClN6O4S. The SMILES string of the molecule is CN/C(=C/[N+](=O)[O-])NCCSCc1ccc(CN(C)C)o1.Cl.NC(=O)c1cccnc1. The van der Waals surface area contributed by atoms with Gasteiger partial charge in [-0.3, -0.25) is 19.9 Å². The van der Waals surface area contributed by atoms with Crippen molar-refractivity contribution in [2.24, 2.45) is 5.73 Å². The zero-order valence-electron chi connectivity index (χ0n) is 17.7. The van der Waals surface area contributed by atoms with E-state index in [2.05, 4.69) is 20.5 Å². The van der Waals surface area contributed by atoms with Crippen LogP contribution in [-0.2, 0) is 12.3 Å². The molecule has 1 amide bonds. The van der Waals surface area contributed by atoms with E-state index in [0.717, 1.165) is 35.8 Å². The van der Waals surface area contributed by atoms with E-state index < -0.39 is 10.8 Å². The van der Waals surface area contributed by atoms with Crippen LogP contribution in [0.25, 0.3) is 0 Å². The van der Waals surface area contributed by atoms with Crippen molar-refractivity contribution in [2.75, 3.05) is 33.4 Å². The van der Waals surface area contributed by atoms with E-state index in [1.807, 2.05) is 26.2 Å². The number of amides is 1. The molecule has 0 aliphatic rings. The number of halogens is 1. The number of furan rings is 1. The molecule has 2 aromatic rings. The van der Waals surface area contributed by atoms with Gasteiger partial charge in [-0.2, -0.15) is 11.8 Å². The molecule has 0 saturated carbocycles. The van der Waals surface area contributed by atoms with Crippen molar-refractivity contribution >= 4 is 30.1 Å². The number of carbonyl (C=O) groups excluding carboxylic acids is 1. The Morgan fingerprint density at radius 1 is 1.35 bits per heavy atom. The van der Waals surface area contributed by atoms with Gasteiger partial charge in [-0.15, -0.1) is 12.4 Å². The van der Waals surface area contributed by atoms with Gasteiger partial charge >= 0.3 is 0 Å². The Morgan fingerprint density at radius 3 is 2.58 bits per heavy atom. The zero-order chi connectivity index (χ0) is 22.4. The van der Waals surface area contributed by atoms with Crippen LogP contribution in [0.4, 0.5) is 0 Å². The molecule has 2 aromatic heterocycles. The van der Waals surface area contributed by atoms with Crippen LogP contribution in [0.5, 0.6) is 0 Å². The fourth-order valence-electron chi connectivity index (χ4n) is 2.14. The minimum Gasteiger partial charge on any atom is -0.464 e. The van der Waals surface area contributed by atoms with Gasteiger partial charge in [0.25, 0.3) is 6.20 Å². The molecule has 0 atom stereocenters. The second kappa shape index (κ2) is 16.0. The molecule has 2 heterocycles. The topological polar surface area (TPSA) is 140 Å². The van der Waals surface area contributed by atoms with Crippen molar-refractivity contribution < 1.29 is 14.1 Å². The maximum atomic E-state index is 10.4. The molecule has 0 spiro atoms. The van der Waals surface area contributed by atoms with E-state index in [4.69, 9.17) is 10.2 Å². The minimum atomic E-state index is -0.485. The highest BCUT2D eigenvalue weighted by atomic mass is 35.5. The van der Waals surface area contributed by atoms with Crippen molar-refractivity contribution in [1.29, 1.82) is 0 Å². The van der Waals surface area contributed by atoms with Crippen molar-refractivity contribution in [1.82, 2.24) is 20.5 Å². The predicted octanol–water partition coefficient (Wildman–Crippen LogP) is 2.06. The first-order valence-electron chi connectivity index (χ1n) is 9.08. The fourth-order valence-corrected chi connectivity index (χ4v) is 2.89. The monoisotopic (exact) mass is 472 g/mol. The first-order valence-corrected chi connectivity index (χ1v) is 10.2. The zero-order valence-corrected chi connectivity index (χ0v) is 19.4. The lowest BCUT2D eigenvalue weighted by molar-refractivity contribution is -0.404. The number of nitrogens with one attached hydrogen (secondary N) is 2. The van der Waals surface area contributed by atoms with Crippen LogP contribution < -0.4 is 16.4 Å². The third kappa shape index (κ3) is 13.2. The van der Waals surface area contributed by atoms with Crippen LogP contribution in [0.2, 0.25) is 0 Å². The van der Waals surface area contributed by atoms with E-state index >= 15 is 0 Å². The van der Waals surface area contributed by atoms with Crippen molar-refractivity contribution in [3.63, 3.8) is 0 Å². The number of nitrogens with zero attached hydrogens (tertiary/aromatic N) is 3. The summed E-state index contributed by atoms with van der Waals surface area (Å²) in [7, 11) is 5.64. The van der Waals surface area contributed by atoms with Gasteiger partial charge in [0.1, 0.15) is 11.5 Å². The number of rotatable bonds is 11. The van der Waals surface area contributed by atoms with Crippen LogP contribution in [0.15, 0.2) is 53.1 Å². The average Bonchev–Trinajstić information content (AvgIpc) is 3.14. The van der Waals surface area contributed by atoms with E-state index in [1.54, 1.807) is 37.1 Å². The lowest BCUT2D eigenvalue weighted by atomic mass is 10.3. The highest BCUT2D eigenvalue weighted by Crippen LogP contribution is 2.15. The van der Waals surface area contributed by atoms with Crippen LogP contribution in [0.1, 0.15) is 21.9 Å². The Morgan fingerprint density at radius 2 is 2.06 bits per heavy atom. The number of aromatic nitrogens is 1. The second-order valence-electron chi connectivity index (χ2n) is 6.27. The molecule has 2 rings (SSSR count). The molecular weight excluding hydrogens is 444 g/mol. The first kappa shape index (κ1) is 28.2. The summed E-state index contributed by atoms with van der Waals surface area (Å²) < 4.78 is 5.70. The molecule has 31 heavy (non-hydrogen) atoms. The molecule has 10 nitrogen and oxygen atoms in total. The van der Waals surface area contributed by atoms with Crippen LogP contribution in [0, 0.1) is 10.1 Å². The van der Waals surface area contributed by atoms with Gasteiger partial charge < -0.3 is 25.7 Å². The number of thioether (sulfide) groups is 1. The van der Waals surface area contributed by atoms with Gasteiger partial charge in [-0.05, 0) is 38.4 Å². The van der Waals surface area contributed by atoms with Crippen LogP contribution >= 0.6 is 24.2 Å². The lowest BCUT2D eigenvalue weighted by Gasteiger charge is -2.07. The number of hydrogen-bond donors (Lipinski definition) is 3. The lowest BCUT2D eigenvalue weighted by Crippen LogP contribution is -2.26. The smallest absolute Gasteiger partial charge is 0.274 e. The van der Waals surface area contributed by atoms with E-state index in [1.165, 1.54) is 6.20 Å². The number of nitrogens with two attached hydrogens (primary N) is 1. The fraction of sp³-hybridized carbons (Fsp3) is 0.368. The second-order valence-corrected chi connectivity index (χ2v) is 7.37. The predicted molar refractivity (Wildman–Crippen MR) is 124 cm³/mol. The molecule has 0 aliphatic carbocycles. The summed E-state index contributed by atoms with van der Waals surface area (Å²) in [5.74, 6) is 3.50. The molecule has 0 fully saturated rings. The van der Waals surface area contributed by atoms with Crippen LogP contribution in [-0.4, -0.2) is 54.2 Å². The molecule has 0 saturated heterocycles. The molecule has 4 N–H and O–H groups in total. The first-order chi connectivity index (χ1) is 14.3. The maximum Gasteiger partial charge on any atom is 0.274 e. The average molecular weight is 473 g/mol. The Balaban J connectivity index is 0.000000753. The Kier molecular flexibility index (Phi) is 14.6. The quantitative estimate of drug-likeness (QED) is 0.254. The summed E-state index contributed by atoms with van der Waals surface area (Å²) >= 11 is 1.72. The number of nitro groups is 1. The molecule has 0 unspecified atom stereocenters. The Labute approximate surface area is 192 Å². The molecule has 12 heteroatoms. The summed E-state index contributed by atoms with van der Waals surface area (Å²) in [6.45, 7) is 1.44. The third-order valence-electron chi connectivity index (χ3n) is 3.45. The standard InChI is InChI=1S/C13H22N4O3S.C6H6N2O.ClH/c1-14-13(9-17(18)19)15-6-7-21-10-12-5-4-11(20-12)8-16(2)3;7-6(9)5-2-1-3-8-4-5;/h4-5,9,14-15H,6-8,10H2,1-3H3;1-4H,(H2,7,9);1H/b13-9-;;. The van der Waals surface area contributed by atoms with Gasteiger partial charge in [0.15, 0.2) is 5.82 Å². The van der Waals surface area contributed by atoms with Gasteiger partial charge in [-0.1, -0.05) is 0 Å². The largest absolute Gasteiger partial charge is 0.464 e. The normalized spacial score (nSPS) is 10.5. The van der Waals surface area contributed by atoms with E-state index in [-0.39, 0.29) is 12.4 Å². The number of pyridine rings is 1. The summed E-state index contributed by atoms with van der Waals surface area (Å²) in [4.78, 5) is 26.0. The number of primary amides is 1. The molecule has 172 valence electrons. The third-order valence-corrected chi connectivity index (χ3v) is 4.43. The van der Waals surface area contributed by atoms with Crippen LogP contribution in [0.3, 0.4) is 0 Å². The van der Waals surface area contributed by atoms with E-state index in [9.17, 15) is 14.9 Å². The van der Waals surface area contributed by atoms with Crippen molar-refractivity contribution in [3.05, 3.63) is 75.9 Å². The van der Waals surface area contributed by atoms with Gasteiger partial charge in [0.2, 0.25) is 5.91 Å². The van der Waals surface area contributed by atoms with Crippen molar-refractivity contribution in [3.8, 4) is 0 Å². The van der Waals surface area contributed by atoms with Crippen molar-refractivity contribution in [2.45, 2.75) is 12.3 Å². The summed E-state index contributed by atoms with van der Waals surface area (Å²) in [6.07, 6.45) is 3.94. The van der Waals surface area contributed by atoms with E-state index in [0.29, 0.717) is 17.9 Å². The summed E-state index contributed by atoms with van der Waals surface area (Å²) in [5, 5.41) is 16.1. The summed E-state index contributed by atoms with van der Waals surface area (Å²) in [5.41, 5.74) is 5.38. The minimum absolute atomic E-state index is 0. The molecule has 0 aromatic carbocycles.